The Bertz CT molecular complexity index is 2220. The zero-order valence-electron chi connectivity index (χ0n) is 60.7. The highest BCUT2D eigenvalue weighted by atomic mass is 16.8. The van der Waals surface area contributed by atoms with Crippen molar-refractivity contribution in [3.05, 3.63) is 109 Å². The first-order valence-electron chi connectivity index (χ1n) is 38.6. The molecule has 12 N–H and O–H groups in total. The second-order valence-corrected chi connectivity index (χ2v) is 27.1. The van der Waals surface area contributed by atoms with Crippen molar-refractivity contribution < 1.29 is 89.4 Å². The smallest absolute Gasteiger partial charge is 0.220 e. The van der Waals surface area contributed by atoms with Crippen molar-refractivity contribution in [2.45, 2.75) is 362 Å². The Morgan fingerprint density at radius 3 is 1.13 bits per heavy atom. The topological polar surface area (TPSA) is 307 Å². The van der Waals surface area contributed by atoms with E-state index in [-0.39, 0.29) is 18.9 Å². The Hall–Kier alpha value is -3.55. The van der Waals surface area contributed by atoms with Gasteiger partial charge in [-0.3, -0.25) is 4.79 Å². The van der Waals surface area contributed by atoms with E-state index in [2.05, 4.69) is 116 Å². The molecule has 3 rings (SSSR count). The van der Waals surface area contributed by atoms with E-state index in [1.54, 1.807) is 6.08 Å². The molecule has 19 heteroatoms. The van der Waals surface area contributed by atoms with Gasteiger partial charge >= 0.3 is 0 Å². The minimum absolute atomic E-state index is 0.228. The number of aliphatic hydroxyl groups is 11. The van der Waals surface area contributed by atoms with Gasteiger partial charge in [-0.2, -0.15) is 0 Å². The zero-order valence-corrected chi connectivity index (χ0v) is 60.7. The van der Waals surface area contributed by atoms with Gasteiger partial charge < -0.3 is 89.9 Å². The van der Waals surface area contributed by atoms with E-state index in [4.69, 9.17) is 28.4 Å². The number of aliphatic hydroxyl groups excluding tert-OH is 11. The summed E-state index contributed by atoms with van der Waals surface area (Å²) in [5, 5.41) is 121. The highest BCUT2D eigenvalue weighted by Gasteiger charge is 2.53. The van der Waals surface area contributed by atoms with Crippen LogP contribution in [0.4, 0.5) is 0 Å². The van der Waals surface area contributed by atoms with Crippen LogP contribution < -0.4 is 5.32 Å². The molecular weight excluding hydrogens is 1260 g/mol. The van der Waals surface area contributed by atoms with Crippen LogP contribution in [0.2, 0.25) is 0 Å². The molecule has 0 aromatic heterocycles. The molecule has 3 fully saturated rings. The number of hydrogen-bond donors (Lipinski definition) is 12. The van der Waals surface area contributed by atoms with Crippen molar-refractivity contribution in [3.63, 3.8) is 0 Å². The summed E-state index contributed by atoms with van der Waals surface area (Å²) in [6.45, 7) is 1.61. The fourth-order valence-electron chi connectivity index (χ4n) is 12.4. The van der Waals surface area contributed by atoms with Crippen LogP contribution in [0, 0.1) is 0 Å². The molecule has 3 aliphatic rings. The van der Waals surface area contributed by atoms with Gasteiger partial charge in [0.15, 0.2) is 18.9 Å². The number of carbonyl (C=O) groups is 1. The third-order valence-electron chi connectivity index (χ3n) is 18.6. The lowest BCUT2D eigenvalue weighted by Crippen LogP contribution is -2.66. The van der Waals surface area contributed by atoms with Crippen LogP contribution in [-0.4, -0.2) is 193 Å². The first-order valence-corrected chi connectivity index (χ1v) is 38.6. The Morgan fingerprint density at radius 2 is 0.707 bits per heavy atom. The quantitative estimate of drug-likeness (QED) is 0.0199. The summed E-state index contributed by atoms with van der Waals surface area (Å²) in [7, 11) is 0. The van der Waals surface area contributed by atoms with Crippen LogP contribution in [0.1, 0.15) is 258 Å². The number of nitrogens with one attached hydrogen (secondary N) is 1. The van der Waals surface area contributed by atoms with Gasteiger partial charge in [0.05, 0.1) is 38.6 Å². The lowest BCUT2D eigenvalue weighted by molar-refractivity contribution is -0.379. The van der Waals surface area contributed by atoms with E-state index in [9.17, 15) is 61.0 Å². The number of amides is 1. The lowest BCUT2D eigenvalue weighted by Gasteiger charge is -2.48. The van der Waals surface area contributed by atoms with Crippen LogP contribution in [0.3, 0.4) is 0 Å². The van der Waals surface area contributed by atoms with Gasteiger partial charge in [-0.1, -0.05) is 271 Å². The van der Waals surface area contributed by atoms with Crippen LogP contribution in [0.5, 0.6) is 0 Å². The Morgan fingerprint density at radius 1 is 0.374 bits per heavy atom. The maximum Gasteiger partial charge on any atom is 0.220 e. The van der Waals surface area contributed by atoms with Gasteiger partial charge in [0.2, 0.25) is 5.91 Å². The van der Waals surface area contributed by atoms with E-state index >= 15 is 0 Å². The van der Waals surface area contributed by atoms with E-state index in [0.717, 1.165) is 96.3 Å². The van der Waals surface area contributed by atoms with E-state index in [0.29, 0.717) is 12.8 Å². The summed E-state index contributed by atoms with van der Waals surface area (Å²) < 4.78 is 34.4. The van der Waals surface area contributed by atoms with Crippen molar-refractivity contribution in [1.29, 1.82) is 0 Å². The van der Waals surface area contributed by atoms with Gasteiger partial charge in [0.25, 0.3) is 0 Å². The molecule has 570 valence electrons. The number of carbonyl (C=O) groups excluding carboxylic acids is 1. The molecule has 3 saturated heterocycles. The lowest BCUT2D eigenvalue weighted by atomic mass is 9.96. The standard InChI is InChI=1S/C80H137NO18/c1-3-5-7-9-11-13-15-17-19-21-23-24-25-26-27-28-29-30-31-32-33-34-35-36-37-38-40-42-44-46-48-50-52-54-56-58-68(86)81-63(64(85)57-55-53-51-49-47-45-43-41-39-22-20-18-16-14-12-10-8-6-4-2)62-94-78-74(92)71(89)76(66(60-83)96-78)99-80-75(93)72(90)77(67(61-84)97-80)98-79-73(91)70(88)69(87)65(59-82)95-79/h5,7,11,13,17,19,23-24,26-27,29-30,32-33,47,49,55,57,63-67,69-80,82-85,87-93H,3-4,6,8-10,12,14-16,18,20-22,25,28,31,34-46,48,50-54,56,58-62H2,1-2H3,(H,81,86)/b7-5-,13-11-,19-17-,24-23-,27-26-,30-29-,33-32-,49-47+,57-55+. The third-order valence-corrected chi connectivity index (χ3v) is 18.6. The highest BCUT2D eigenvalue weighted by Crippen LogP contribution is 2.33. The van der Waals surface area contributed by atoms with Crippen LogP contribution >= 0.6 is 0 Å². The molecule has 0 saturated carbocycles. The highest BCUT2D eigenvalue weighted by molar-refractivity contribution is 5.76. The zero-order chi connectivity index (χ0) is 71.8. The summed E-state index contributed by atoms with van der Waals surface area (Å²) in [5.41, 5.74) is 0. The molecule has 0 aliphatic carbocycles. The number of rotatable bonds is 59. The first kappa shape index (κ1) is 89.7. The maximum atomic E-state index is 13.5. The summed E-state index contributed by atoms with van der Waals surface area (Å²) in [6, 6.07) is -0.998. The summed E-state index contributed by atoms with van der Waals surface area (Å²) >= 11 is 0. The first-order chi connectivity index (χ1) is 48.3. The Balaban J connectivity index is 1.37. The SMILES string of the molecule is CC/C=C\C/C=C\C/C=C\C/C=C\C/C=C\C/C=C\C/C=C\CCCCCCCCCCCCCCCC(=O)NC(COC1OC(CO)C(OC2OC(CO)C(OC3OC(CO)C(O)C(O)C3O)C(O)C2O)C(O)C1O)C(O)/C=C/CC/C=C/CCCCCCCCCCCCCCC. The predicted octanol–water partition coefficient (Wildman–Crippen LogP) is 12.2. The van der Waals surface area contributed by atoms with Crippen molar-refractivity contribution in [3.8, 4) is 0 Å². The Kier molecular flexibility index (Phi) is 54.2. The average Bonchev–Trinajstić information content (AvgIpc) is 0.784. The summed E-state index contributed by atoms with van der Waals surface area (Å²) in [6.07, 6.45) is 55.0. The van der Waals surface area contributed by atoms with Crippen LogP contribution in [0.25, 0.3) is 0 Å². The molecule has 0 aromatic carbocycles. The van der Waals surface area contributed by atoms with E-state index in [1.165, 1.54) is 128 Å². The number of allylic oxidation sites excluding steroid dienone is 17. The molecule has 1 amide bonds. The van der Waals surface area contributed by atoms with E-state index < -0.39 is 124 Å². The van der Waals surface area contributed by atoms with Crippen molar-refractivity contribution in [1.82, 2.24) is 5.32 Å². The second kappa shape index (κ2) is 59.8. The van der Waals surface area contributed by atoms with Crippen molar-refractivity contribution in [2.24, 2.45) is 0 Å². The number of hydrogen-bond acceptors (Lipinski definition) is 18. The minimum atomic E-state index is -1.99. The molecule has 0 bridgehead atoms. The average molecular weight is 1400 g/mol. The maximum absolute atomic E-state index is 13.5. The molecule has 17 atom stereocenters. The van der Waals surface area contributed by atoms with Crippen molar-refractivity contribution >= 4 is 5.91 Å². The van der Waals surface area contributed by atoms with Gasteiger partial charge in [-0.25, -0.2) is 0 Å². The van der Waals surface area contributed by atoms with Gasteiger partial charge in [-0.15, -0.1) is 0 Å². The summed E-state index contributed by atoms with van der Waals surface area (Å²) in [4.78, 5) is 13.5. The third kappa shape index (κ3) is 40.3. The molecular formula is C80H137NO18. The normalized spacial score (nSPS) is 27.2. The molecule has 0 aromatic rings. The molecule has 19 nitrogen and oxygen atoms in total. The fourth-order valence-corrected chi connectivity index (χ4v) is 12.4. The van der Waals surface area contributed by atoms with Gasteiger partial charge in [0, 0.05) is 6.42 Å². The Labute approximate surface area is 595 Å². The van der Waals surface area contributed by atoms with Crippen LogP contribution in [-0.2, 0) is 33.2 Å². The second-order valence-electron chi connectivity index (χ2n) is 27.1. The minimum Gasteiger partial charge on any atom is -0.394 e. The van der Waals surface area contributed by atoms with Crippen molar-refractivity contribution in [2.75, 3.05) is 26.4 Å². The largest absolute Gasteiger partial charge is 0.394 e. The molecule has 0 spiro atoms. The fraction of sp³-hybridized carbons (Fsp3) is 0.762. The predicted molar refractivity (Wildman–Crippen MR) is 392 cm³/mol. The summed E-state index contributed by atoms with van der Waals surface area (Å²) in [5.74, 6) is -0.289. The monoisotopic (exact) mass is 1400 g/mol. The molecule has 17 unspecified atom stereocenters. The van der Waals surface area contributed by atoms with Gasteiger partial charge in [-0.05, 0) is 89.9 Å². The van der Waals surface area contributed by atoms with Crippen LogP contribution in [0.15, 0.2) is 109 Å². The molecule has 99 heavy (non-hydrogen) atoms. The number of ether oxygens (including phenoxy) is 6. The van der Waals surface area contributed by atoms with E-state index in [1.807, 2.05) is 6.08 Å². The number of unbranched alkanes of at least 4 members (excludes halogenated alkanes) is 27. The molecule has 3 aliphatic heterocycles. The molecule has 3 heterocycles. The molecule has 0 radical (unpaired) electrons. The van der Waals surface area contributed by atoms with Gasteiger partial charge in [0.1, 0.15) is 73.2 Å².